The predicted molar refractivity (Wildman–Crippen MR) is 132 cm³/mol. The number of aromatic nitrogens is 2. The molecule has 2 aromatic carbocycles. The van der Waals surface area contributed by atoms with Gasteiger partial charge in [-0.3, -0.25) is 9.59 Å². The minimum absolute atomic E-state index is 0.0250. The number of hydrogen-bond donors (Lipinski definition) is 1. The maximum Gasteiger partial charge on any atom is 0.231 e. The fraction of sp³-hybridized carbons (Fsp3) is 0.182. The van der Waals surface area contributed by atoms with Gasteiger partial charge in [0, 0.05) is 27.2 Å². The topological polar surface area (TPSA) is 72.0 Å². The number of carbonyl (C=O) groups is 2. The molecule has 0 aliphatic heterocycles. The first kappa shape index (κ1) is 25.4. The first-order valence-electron chi connectivity index (χ1n) is 9.61. The Balaban J connectivity index is 1.51. The van der Waals surface area contributed by atoms with Crippen LogP contribution in [0, 0.1) is 11.7 Å². The average Bonchev–Trinajstić information content (AvgIpc) is 3.33. The summed E-state index contributed by atoms with van der Waals surface area (Å²) in [7, 11) is 0. The molecule has 1 aliphatic rings. The van der Waals surface area contributed by atoms with Gasteiger partial charge in [0.1, 0.15) is 10.2 Å². The smallest absolute Gasteiger partial charge is 0.231 e. The molecule has 12 heteroatoms. The van der Waals surface area contributed by atoms with Crippen molar-refractivity contribution < 1.29 is 14.0 Å². The highest BCUT2D eigenvalue weighted by Gasteiger charge is 2.67. The largest absolute Gasteiger partial charge is 0.326 e. The number of hydrogen-bond acceptors (Lipinski definition) is 4. The molecule has 4 rings (SSSR count). The SMILES string of the molecule is O=C(Cc1ncc(F)c(Cl)n1)c1cc(NC(=O)C2C(c3cc(Cl)cc(Cl)c3)C2(Cl)Cl)ccc1Cl. The number of anilines is 1. The maximum atomic E-state index is 13.3. The summed E-state index contributed by atoms with van der Waals surface area (Å²) >= 11 is 36.7. The number of carbonyl (C=O) groups excluding carboxylic acids is 2. The highest BCUT2D eigenvalue weighted by Crippen LogP contribution is 2.65. The Labute approximate surface area is 223 Å². The van der Waals surface area contributed by atoms with E-state index < -0.39 is 38.8 Å². The van der Waals surface area contributed by atoms with Crippen molar-refractivity contribution in [1.29, 1.82) is 0 Å². The fourth-order valence-corrected chi connectivity index (χ4v) is 5.30. The molecule has 0 spiro atoms. The lowest BCUT2D eigenvalue weighted by molar-refractivity contribution is -0.117. The Bertz CT molecular complexity index is 1300. The Morgan fingerprint density at radius 3 is 2.35 bits per heavy atom. The van der Waals surface area contributed by atoms with Crippen LogP contribution in [-0.2, 0) is 11.2 Å². The highest BCUT2D eigenvalue weighted by atomic mass is 35.5. The molecular weight excluding hydrogens is 570 g/mol. The average molecular weight is 582 g/mol. The van der Waals surface area contributed by atoms with E-state index in [1.54, 1.807) is 18.2 Å². The summed E-state index contributed by atoms with van der Waals surface area (Å²) in [6.45, 7) is 0. The van der Waals surface area contributed by atoms with E-state index in [1.165, 1.54) is 18.2 Å². The molecule has 176 valence electrons. The van der Waals surface area contributed by atoms with Crippen LogP contribution in [0.3, 0.4) is 0 Å². The zero-order valence-corrected chi connectivity index (χ0v) is 21.3. The van der Waals surface area contributed by atoms with Gasteiger partial charge in [-0.1, -0.05) is 46.4 Å². The van der Waals surface area contributed by atoms with Crippen molar-refractivity contribution in [3.63, 3.8) is 0 Å². The summed E-state index contributed by atoms with van der Waals surface area (Å²) in [5.41, 5.74) is 1.04. The van der Waals surface area contributed by atoms with Crippen LogP contribution in [0.2, 0.25) is 20.2 Å². The van der Waals surface area contributed by atoms with Crippen LogP contribution >= 0.6 is 69.6 Å². The molecule has 2 unspecified atom stereocenters. The van der Waals surface area contributed by atoms with Crippen LogP contribution in [0.5, 0.6) is 0 Å². The third-order valence-electron chi connectivity index (χ3n) is 5.18. The lowest BCUT2D eigenvalue weighted by Crippen LogP contribution is -2.17. The second-order valence-corrected chi connectivity index (χ2v) is 10.6. The van der Waals surface area contributed by atoms with Crippen LogP contribution in [0.25, 0.3) is 0 Å². The molecule has 1 fully saturated rings. The van der Waals surface area contributed by atoms with E-state index in [1.807, 2.05) is 0 Å². The molecule has 1 amide bonds. The van der Waals surface area contributed by atoms with Crippen molar-refractivity contribution >= 4 is 87.0 Å². The number of nitrogens with zero attached hydrogens (tertiary/aromatic N) is 2. The Morgan fingerprint density at radius 2 is 1.71 bits per heavy atom. The quantitative estimate of drug-likeness (QED) is 0.190. The molecule has 34 heavy (non-hydrogen) atoms. The molecule has 1 saturated carbocycles. The zero-order valence-electron chi connectivity index (χ0n) is 16.8. The van der Waals surface area contributed by atoms with Crippen molar-refractivity contribution in [1.82, 2.24) is 9.97 Å². The Hall–Kier alpha value is -1.67. The number of alkyl halides is 2. The van der Waals surface area contributed by atoms with Gasteiger partial charge >= 0.3 is 0 Å². The minimum Gasteiger partial charge on any atom is -0.326 e. The first-order chi connectivity index (χ1) is 16.0. The van der Waals surface area contributed by atoms with E-state index in [2.05, 4.69) is 15.3 Å². The summed E-state index contributed by atoms with van der Waals surface area (Å²) in [4.78, 5) is 33.2. The van der Waals surface area contributed by atoms with E-state index in [4.69, 9.17) is 69.6 Å². The Kier molecular flexibility index (Phi) is 7.30. The van der Waals surface area contributed by atoms with Crippen LogP contribution in [0.15, 0.2) is 42.6 Å². The van der Waals surface area contributed by atoms with Crippen LogP contribution in [0.1, 0.15) is 27.7 Å². The van der Waals surface area contributed by atoms with Crippen molar-refractivity contribution in [2.75, 3.05) is 5.32 Å². The number of amides is 1. The maximum absolute atomic E-state index is 13.3. The van der Waals surface area contributed by atoms with Crippen molar-refractivity contribution in [2.45, 2.75) is 16.7 Å². The van der Waals surface area contributed by atoms with Crippen LogP contribution < -0.4 is 5.32 Å². The second-order valence-electron chi connectivity index (χ2n) is 7.54. The normalized spacial score (nSPS) is 18.4. The molecule has 3 aromatic rings. The van der Waals surface area contributed by atoms with Crippen molar-refractivity contribution in [3.05, 3.63) is 85.6 Å². The molecule has 0 bridgehead atoms. The summed E-state index contributed by atoms with van der Waals surface area (Å²) in [6.07, 6.45) is 0.601. The van der Waals surface area contributed by atoms with E-state index >= 15 is 0 Å². The molecule has 1 N–H and O–H groups in total. The van der Waals surface area contributed by atoms with Crippen LogP contribution in [0.4, 0.5) is 10.1 Å². The summed E-state index contributed by atoms with van der Waals surface area (Å²) in [5, 5.41) is 3.25. The van der Waals surface area contributed by atoms with Crippen molar-refractivity contribution in [2.24, 2.45) is 5.92 Å². The molecule has 5 nitrogen and oxygen atoms in total. The lowest BCUT2D eigenvalue weighted by atomic mass is 10.1. The molecule has 0 radical (unpaired) electrons. The van der Waals surface area contributed by atoms with Gasteiger partial charge in [0.2, 0.25) is 5.91 Å². The summed E-state index contributed by atoms with van der Waals surface area (Å²) < 4.78 is 11.9. The summed E-state index contributed by atoms with van der Waals surface area (Å²) in [6, 6.07) is 9.25. The molecule has 1 heterocycles. The Morgan fingerprint density at radius 1 is 1.03 bits per heavy atom. The zero-order chi connectivity index (χ0) is 24.8. The molecule has 2 atom stereocenters. The van der Waals surface area contributed by atoms with Gasteiger partial charge in [0.25, 0.3) is 0 Å². The molecule has 0 saturated heterocycles. The second kappa shape index (κ2) is 9.76. The third-order valence-corrected chi connectivity index (χ3v) is 7.16. The van der Waals surface area contributed by atoms with Crippen molar-refractivity contribution in [3.8, 4) is 0 Å². The standard InChI is InChI=1S/C22H12Cl6FN3O2/c23-10-3-9(4-11(24)5-10)18-19(22(18,27)28)21(34)31-12-1-2-14(25)13(6-12)16(33)7-17-30-8-15(29)20(26)32-17/h1-6,8,18-19H,7H2,(H,31,34). The molecule has 1 aliphatic carbocycles. The van der Waals surface area contributed by atoms with E-state index in [9.17, 15) is 14.0 Å². The van der Waals surface area contributed by atoms with E-state index in [0.717, 1.165) is 6.20 Å². The molecule has 1 aromatic heterocycles. The highest BCUT2D eigenvalue weighted by molar-refractivity contribution is 6.53. The number of benzene rings is 2. The number of ketones is 1. The third kappa shape index (κ3) is 5.27. The van der Waals surface area contributed by atoms with E-state index in [0.29, 0.717) is 21.3 Å². The van der Waals surface area contributed by atoms with Gasteiger partial charge in [-0.2, -0.15) is 0 Å². The van der Waals surface area contributed by atoms with Gasteiger partial charge in [-0.15, -0.1) is 23.2 Å². The van der Waals surface area contributed by atoms with Gasteiger partial charge in [0.15, 0.2) is 16.8 Å². The molecular formula is C22H12Cl6FN3O2. The predicted octanol–water partition coefficient (Wildman–Crippen LogP) is 7.18. The van der Waals surface area contributed by atoms with Crippen LogP contribution in [-0.4, -0.2) is 26.0 Å². The van der Waals surface area contributed by atoms with Gasteiger partial charge in [0.05, 0.1) is 23.6 Å². The monoisotopic (exact) mass is 579 g/mol. The number of nitrogens with one attached hydrogen (secondary N) is 1. The van der Waals surface area contributed by atoms with E-state index in [-0.39, 0.29) is 22.8 Å². The van der Waals surface area contributed by atoms with Gasteiger partial charge in [-0.25, -0.2) is 14.4 Å². The fourth-order valence-electron chi connectivity index (χ4n) is 3.56. The van der Waals surface area contributed by atoms with Gasteiger partial charge < -0.3 is 5.32 Å². The lowest BCUT2D eigenvalue weighted by Gasteiger charge is -2.09. The first-order valence-corrected chi connectivity index (χ1v) is 11.9. The van der Waals surface area contributed by atoms with Gasteiger partial charge in [-0.05, 0) is 42.0 Å². The summed E-state index contributed by atoms with van der Waals surface area (Å²) in [5.74, 6) is -2.99. The number of Topliss-reactive ketones (excluding diaryl/α,β-unsaturated/α-hetero) is 1. The minimum atomic E-state index is -1.36. The number of halogens is 7. The number of rotatable bonds is 6.